The van der Waals surface area contributed by atoms with Crippen molar-refractivity contribution in [3.05, 3.63) is 59.9 Å². The Morgan fingerprint density at radius 2 is 1.56 bits per heavy atom. The van der Waals surface area contributed by atoms with E-state index in [1.165, 1.54) is 0 Å². The molecule has 0 saturated carbocycles. The van der Waals surface area contributed by atoms with Crippen LogP contribution in [0.2, 0.25) is 0 Å². The van der Waals surface area contributed by atoms with Crippen LogP contribution in [0, 0.1) is 0 Å². The van der Waals surface area contributed by atoms with E-state index < -0.39 is 7.12 Å². The van der Waals surface area contributed by atoms with Gasteiger partial charge in [-0.15, -0.1) is 0 Å². The van der Waals surface area contributed by atoms with E-state index in [0.29, 0.717) is 18.7 Å². The number of hydrogen-bond acceptors (Lipinski definition) is 4. The normalized spacial score (nSPS) is 17.7. The zero-order valence-electron chi connectivity index (χ0n) is 16.7. The van der Waals surface area contributed by atoms with Gasteiger partial charge < -0.3 is 14.2 Å². The lowest BCUT2D eigenvalue weighted by Gasteiger charge is -2.32. The summed E-state index contributed by atoms with van der Waals surface area (Å²) in [6.45, 7) is 11.3. The molecule has 1 saturated heterocycles. The number of aromatic nitrogens is 1. The quantitative estimate of drug-likeness (QED) is 0.764. The molecule has 2 heterocycles. The topological polar surface area (TPSA) is 51.7 Å². The predicted octanol–water partition coefficient (Wildman–Crippen LogP) is 3.04. The maximum Gasteiger partial charge on any atom is 0.494 e. The van der Waals surface area contributed by atoms with Crippen molar-refractivity contribution in [1.82, 2.24) is 9.88 Å². The first-order chi connectivity index (χ1) is 12.7. The molecule has 2 aromatic rings. The highest BCUT2D eigenvalue weighted by Crippen LogP contribution is 2.36. The van der Waals surface area contributed by atoms with Crippen molar-refractivity contribution in [2.75, 3.05) is 6.54 Å². The molecule has 1 aliphatic heterocycles. The van der Waals surface area contributed by atoms with E-state index in [1.807, 2.05) is 75.9 Å². The number of rotatable bonds is 5. The first kappa shape index (κ1) is 19.6. The lowest BCUT2D eigenvalue weighted by molar-refractivity contribution is 0.00578. The van der Waals surface area contributed by atoms with Crippen LogP contribution in [-0.2, 0) is 15.9 Å². The Hall–Kier alpha value is -2.18. The molecule has 1 aromatic heterocycles. The van der Waals surface area contributed by atoms with E-state index in [1.54, 1.807) is 12.4 Å². The highest BCUT2D eigenvalue weighted by molar-refractivity contribution is 6.62. The molecule has 0 unspecified atom stereocenters. The second-order valence-corrected chi connectivity index (χ2v) is 7.89. The van der Waals surface area contributed by atoms with Gasteiger partial charge in [0.2, 0.25) is 0 Å². The molecule has 6 heteroatoms. The van der Waals surface area contributed by atoms with Gasteiger partial charge >= 0.3 is 7.12 Å². The average Bonchev–Trinajstić information content (AvgIpc) is 2.87. The number of benzene rings is 1. The van der Waals surface area contributed by atoms with Gasteiger partial charge in [-0.25, -0.2) is 0 Å². The molecule has 0 N–H and O–H groups in total. The van der Waals surface area contributed by atoms with Crippen LogP contribution in [0.15, 0.2) is 48.8 Å². The summed E-state index contributed by atoms with van der Waals surface area (Å²) in [4.78, 5) is 18.7. The van der Waals surface area contributed by atoms with Crippen molar-refractivity contribution in [3.63, 3.8) is 0 Å². The van der Waals surface area contributed by atoms with E-state index in [2.05, 4.69) is 4.98 Å². The van der Waals surface area contributed by atoms with Crippen LogP contribution in [-0.4, -0.2) is 40.7 Å². The van der Waals surface area contributed by atoms with E-state index >= 15 is 0 Å². The van der Waals surface area contributed by atoms with Gasteiger partial charge in [0, 0.05) is 31.0 Å². The molecule has 1 aliphatic rings. The van der Waals surface area contributed by atoms with Gasteiger partial charge in [0.1, 0.15) is 0 Å². The minimum atomic E-state index is -0.418. The predicted molar refractivity (Wildman–Crippen MR) is 107 cm³/mol. The summed E-state index contributed by atoms with van der Waals surface area (Å²) in [5.41, 5.74) is 1.88. The van der Waals surface area contributed by atoms with Gasteiger partial charge in [-0.2, -0.15) is 0 Å². The second kappa shape index (κ2) is 7.45. The number of carbonyl (C=O) groups excluding carboxylic acids is 1. The molecule has 0 bridgehead atoms. The third kappa shape index (κ3) is 4.07. The minimum absolute atomic E-state index is 0.00906. The Morgan fingerprint density at radius 1 is 1.00 bits per heavy atom. The third-order valence-electron chi connectivity index (χ3n) is 5.47. The lowest BCUT2D eigenvalue weighted by Crippen LogP contribution is -2.41. The van der Waals surface area contributed by atoms with E-state index in [-0.39, 0.29) is 17.1 Å². The third-order valence-corrected chi connectivity index (χ3v) is 5.47. The SMILES string of the molecule is CCN(Cc1ccncc1)C(=O)c1ccc(B2OC(C)(C)C(C)(C)O2)cc1. The van der Waals surface area contributed by atoms with E-state index in [0.717, 1.165) is 11.0 Å². The summed E-state index contributed by atoms with van der Waals surface area (Å²) in [6.07, 6.45) is 3.49. The van der Waals surface area contributed by atoms with Crippen LogP contribution < -0.4 is 5.46 Å². The molecule has 1 fully saturated rings. The fourth-order valence-electron chi connectivity index (χ4n) is 2.98. The second-order valence-electron chi connectivity index (χ2n) is 7.89. The Bertz CT molecular complexity index is 775. The Balaban J connectivity index is 1.72. The van der Waals surface area contributed by atoms with Gasteiger partial charge in [-0.05, 0) is 69.9 Å². The first-order valence-electron chi connectivity index (χ1n) is 9.37. The molecule has 3 rings (SSSR count). The van der Waals surface area contributed by atoms with Crippen LogP contribution >= 0.6 is 0 Å². The van der Waals surface area contributed by atoms with Crippen molar-refractivity contribution >= 4 is 18.5 Å². The maximum atomic E-state index is 12.9. The van der Waals surface area contributed by atoms with Gasteiger partial charge in [-0.3, -0.25) is 9.78 Å². The molecule has 0 atom stereocenters. The molecular formula is C21H27BN2O3. The van der Waals surface area contributed by atoms with Crippen molar-refractivity contribution in [1.29, 1.82) is 0 Å². The van der Waals surface area contributed by atoms with Gasteiger partial charge in [0.15, 0.2) is 0 Å². The summed E-state index contributed by atoms with van der Waals surface area (Å²) in [5, 5.41) is 0. The number of hydrogen-bond donors (Lipinski definition) is 0. The number of carbonyl (C=O) groups is 1. The average molecular weight is 366 g/mol. The van der Waals surface area contributed by atoms with Crippen molar-refractivity contribution in [2.45, 2.75) is 52.4 Å². The van der Waals surface area contributed by atoms with Crippen molar-refractivity contribution < 1.29 is 14.1 Å². The summed E-state index contributed by atoms with van der Waals surface area (Å²) < 4.78 is 12.1. The zero-order chi connectivity index (χ0) is 19.7. The fourth-order valence-corrected chi connectivity index (χ4v) is 2.98. The van der Waals surface area contributed by atoms with Crippen LogP contribution in [0.3, 0.4) is 0 Å². The Labute approximate surface area is 161 Å². The number of amides is 1. The highest BCUT2D eigenvalue weighted by atomic mass is 16.7. The highest BCUT2D eigenvalue weighted by Gasteiger charge is 2.51. The molecule has 0 spiro atoms. The van der Waals surface area contributed by atoms with E-state index in [4.69, 9.17) is 9.31 Å². The largest absolute Gasteiger partial charge is 0.494 e. The van der Waals surface area contributed by atoms with Crippen LogP contribution in [0.1, 0.15) is 50.5 Å². The fraction of sp³-hybridized carbons (Fsp3) is 0.429. The molecular weight excluding hydrogens is 339 g/mol. The van der Waals surface area contributed by atoms with Crippen LogP contribution in [0.5, 0.6) is 0 Å². The Morgan fingerprint density at radius 3 is 2.07 bits per heavy atom. The maximum absolute atomic E-state index is 12.9. The van der Waals surface area contributed by atoms with Gasteiger partial charge in [0.25, 0.3) is 5.91 Å². The smallest absolute Gasteiger partial charge is 0.399 e. The summed E-state index contributed by atoms with van der Waals surface area (Å²) in [7, 11) is -0.418. The standard InChI is InChI=1S/C21H27BN2O3/c1-6-24(15-16-11-13-23-14-12-16)19(25)17-7-9-18(10-8-17)22-26-20(2,3)21(4,5)27-22/h7-14H,6,15H2,1-5H3. The molecule has 27 heavy (non-hydrogen) atoms. The van der Waals surface area contributed by atoms with E-state index in [9.17, 15) is 4.79 Å². The van der Waals surface area contributed by atoms with Crippen LogP contribution in [0.25, 0.3) is 0 Å². The van der Waals surface area contributed by atoms with Gasteiger partial charge in [0.05, 0.1) is 11.2 Å². The van der Waals surface area contributed by atoms with Gasteiger partial charge in [-0.1, -0.05) is 12.1 Å². The molecule has 5 nitrogen and oxygen atoms in total. The molecule has 142 valence electrons. The zero-order valence-corrected chi connectivity index (χ0v) is 16.7. The summed E-state index contributed by atoms with van der Waals surface area (Å²) in [5.74, 6) is 0.00906. The first-order valence-corrected chi connectivity index (χ1v) is 9.37. The van der Waals surface area contributed by atoms with Crippen LogP contribution in [0.4, 0.5) is 0 Å². The summed E-state index contributed by atoms with van der Waals surface area (Å²) >= 11 is 0. The lowest BCUT2D eigenvalue weighted by atomic mass is 9.79. The minimum Gasteiger partial charge on any atom is -0.399 e. The van der Waals surface area contributed by atoms with Crippen molar-refractivity contribution in [3.8, 4) is 0 Å². The molecule has 1 aromatic carbocycles. The molecule has 0 radical (unpaired) electrons. The monoisotopic (exact) mass is 366 g/mol. The molecule has 0 aliphatic carbocycles. The Kier molecular flexibility index (Phi) is 5.40. The van der Waals surface area contributed by atoms with Crippen molar-refractivity contribution in [2.24, 2.45) is 0 Å². The molecule has 1 amide bonds. The number of nitrogens with zero attached hydrogens (tertiary/aromatic N) is 2. The number of pyridine rings is 1. The summed E-state index contributed by atoms with van der Waals surface area (Å²) in [6, 6.07) is 11.4.